The maximum Gasteiger partial charge on any atom is 0.407 e. The van der Waals surface area contributed by atoms with E-state index < -0.39 is 30.1 Å². The second kappa shape index (κ2) is 10.8. The van der Waals surface area contributed by atoms with Crippen LogP contribution in [-0.4, -0.2) is 35.9 Å². The highest BCUT2D eigenvalue weighted by Gasteiger charge is 2.47. The third kappa shape index (κ3) is 6.56. The van der Waals surface area contributed by atoms with Gasteiger partial charge in [0, 0.05) is 0 Å². The highest BCUT2D eigenvalue weighted by atomic mass is 16.8. The van der Waals surface area contributed by atoms with Crippen LogP contribution in [-0.2, 0) is 32.0 Å². The first-order valence-corrected chi connectivity index (χ1v) is 11.8. The van der Waals surface area contributed by atoms with Crippen molar-refractivity contribution < 1.29 is 23.8 Å². The first-order valence-electron chi connectivity index (χ1n) is 11.8. The van der Waals surface area contributed by atoms with Crippen molar-refractivity contribution in [3.8, 4) is 11.1 Å². The van der Waals surface area contributed by atoms with Gasteiger partial charge < -0.3 is 19.5 Å². The number of carbonyl (C=O) groups excluding carboxylic acids is 2. The number of hydrogen-bond acceptors (Lipinski definition) is 5. The summed E-state index contributed by atoms with van der Waals surface area (Å²) in [6, 6.07) is 27.2. The van der Waals surface area contributed by atoms with E-state index in [9.17, 15) is 9.59 Å². The van der Waals surface area contributed by atoms with Gasteiger partial charge in [-0.1, -0.05) is 84.9 Å². The number of amides is 1. The minimum absolute atomic E-state index is 0.148. The van der Waals surface area contributed by atoms with Crippen molar-refractivity contribution in [2.75, 3.05) is 0 Å². The van der Waals surface area contributed by atoms with E-state index in [1.165, 1.54) is 6.92 Å². The molecule has 3 aromatic rings. The molecule has 3 aromatic carbocycles. The zero-order chi connectivity index (χ0) is 24.8. The molecule has 35 heavy (non-hydrogen) atoms. The predicted octanol–water partition coefficient (Wildman–Crippen LogP) is 5.30. The molecule has 6 nitrogen and oxygen atoms in total. The number of ether oxygens (including phenoxy) is 3. The molecule has 1 fully saturated rings. The minimum Gasteiger partial charge on any atom is -0.445 e. The second-order valence-corrected chi connectivity index (χ2v) is 9.21. The Balaban J connectivity index is 1.51. The number of carbonyl (C=O) groups is 2. The van der Waals surface area contributed by atoms with Crippen LogP contribution in [0.5, 0.6) is 0 Å². The Hall–Kier alpha value is -3.48. The molecule has 1 heterocycles. The number of Topliss-reactive ketones (excluding diaryl/α,β-unsaturated/α-hetero) is 1. The van der Waals surface area contributed by atoms with Gasteiger partial charge >= 0.3 is 6.09 Å². The summed E-state index contributed by atoms with van der Waals surface area (Å²) in [5, 5.41) is 2.93. The van der Waals surface area contributed by atoms with Gasteiger partial charge in [0.1, 0.15) is 18.8 Å². The van der Waals surface area contributed by atoms with Gasteiger partial charge in [-0.25, -0.2) is 4.79 Å². The molecule has 0 aliphatic carbocycles. The molecule has 4 rings (SSSR count). The SMILES string of the molecule is CC(=O)[C@@H]1OC(C)(C)O[C@H]1C(Cc1ccc(-c2ccccc2)cc1)NC(=O)OCc1ccccc1. The van der Waals surface area contributed by atoms with Crippen molar-refractivity contribution in [2.24, 2.45) is 0 Å². The van der Waals surface area contributed by atoms with Crippen LogP contribution in [0.2, 0.25) is 0 Å². The van der Waals surface area contributed by atoms with Crippen LogP contribution in [0.1, 0.15) is 31.9 Å². The average Bonchev–Trinajstić information content (AvgIpc) is 3.20. The summed E-state index contributed by atoms with van der Waals surface area (Å²) in [4.78, 5) is 25.1. The van der Waals surface area contributed by atoms with Gasteiger partial charge in [-0.05, 0) is 49.4 Å². The standard InChI is InChI=1S/C29H31NO5/c1-20(31)26-27(35-29(2,3)34-26)25(30-28(32)33-19-22-10-6-4-7-11-22)18-21-14-16-24(17-15-21)23-12-8-5-9-13-23/h4-17,25-27H,18-19H2,1-3H3,(H,30,32)/t25?,26-,27-/m0/s1. The van der Waals surface area contributed by atoms with E-state index in [0.29, 0.717) is 6.42 Å². The summed E-state index contributed by atoms with van der Waals surface area (Å²) in [5.41, 5.74) is 4.11. The van der Waals surface area contributed by atoms with Gasteiger partial charge in [0.25, 0.3) is 0 Å². The first-order chi connectivity index (χ1) is 16.8. The fourth-order valence-corrected chi connectivity index (χ4v) is 4.28. The van der Waals surface area contributed by atoms with Gasteiger partial charge in [0.05, 0.1) is 6.04 Å². The molecular formula is C29H31NO5. The Morgan fingerprint density at radius 3 is 2.09 bits per heavy atom. The Bertz CT molecular complexity index is 1130. The minimum atomic E-state index is -0.938. The van der Waals surface area contributed by atoms with Crippen LogP contribution >= 0.6 is 0 Å². The molecule has 182 valence electrons. The molecule has 1 unspecified atom stereocenters. The van der Waals surface area contributed by atoms with Gasteiger partial charge in [-0.2, -0.15) is 0 Å². The van der Waals surface area contributed by atoms with Crippen LogP contribution < -0.4 is 5.32 Å². The van der Waals surface area contributed by atoms with Crippen molar-refractivity contribution in [2.45, 2.75) is 57.8 Å². The van der Waals surface area contributed by atoms with Crippen molar-refractivity contribution in [1.29, 1.82) is 0 Å². The zero-order valence-electron chi connectivity index (χ0n) is 20.3. The number of nitrogens with one attached hydrogen (secondary N) is 1. The number of rotatable bonds is 8. The van der Waals surface area contributed by atoms with Crippen molar-refractivity contribution in [3.63, 3.8) is 0 Å². The van der Waals surface area contributed by atoms with E-state index in [1.54, 1.807) is 13.8 Å². The van der Waals surface area contributed by atoms with E-state index in [1.807, 2.05) is 72.8 Å². The van der Waals surface area contributed by atoms with Gasteiger partial charge in [0.2, 0.25) is 0 Å². The normalized spacial score (nSPS) is 19.6. The largest absolute Gasteiger partial charge is 0.445 e. The van der Waals surface area contributed by atoms with Crippen molar-refractivity contribution >= 4 is 11.9 Å². The lowest BCUT2D eigenvalue weighted by atomic mass is 9.95. The zero-order valence-corrected chi connectivity index (χ0v) is 20.3. The molecule has 0 bridgehead atoms. The highest BCUT2D eigenvalue weighted by molar-refractivity contribution is 5.81. The lowest BCUT2D eigenvalue weighted by molar-refractivity contribution is -0.155. The van der Waals surface area contributed by atoms with Gasteiger partial charge in [-0.3, -0.25) is 4.79 Å². The summed E-state index contributed by atoms with van der Waals surface area (Å²) in [6.07, 6.45) is -1.56. The number of hydrogen-bond donors (Lipinski definition) is 1. The molecule has 3 atom stereocenters. The molecule has 0 saturated carbocycles. The van der Waals surface area contributed by atoms with E-state index in [4.69, 9.17) is 14.2 Å². The third-order valence-corrected chi connectivity index (χ3v) is 5.96. The lowest BCUT2D eigenvalue weighted by Gasteiger charge is -2.27. The summed E-state index contributed by atoms with van der Waals surface area (Å²) >= 11 is 0. The predicted molar refractivity (Wildman–Crippen MR) is 134 cm³/mol. The third-order valence-electron chi connectivity index (χ3n) is 5.96. The Morgan fingerprint density at radius 1 is 0.857 bits per heavy atom. The molecule has 6 heteroatoms. The quantitative estimate of drug-likeness (QED) is 0.481. The fourth-order valence-electron chi connectivity index (χ4n) is 4.28. The van der Waals surface area contributed by atoms with E-state index in [0.717, 1.165) is 22.3 Å². The summed E-state index contributed by atoms with van der Waals surface area (Å²) in [6.45, 7) is 5.15. The summed E-state index contributed by atoms with van der Waals surface area (Å²) in [7, 11) is 0. The first kappa shape index (κ1) is 24.6. The second-order valence-electron chi connectivity index (χ2n) is 9.21. The Morgan fingerprint density at radius 2 is 1.46 bits per heavy atom. The average molecular weight is 474 g/mol. The van der Waals surface area contributed by atoms with E-state index >= 15 is 0 Å². The molecular weight excluding hydrogens is 442 g/mol. The molecule has 1 aliphatic heterocycles. The number of benzene rings is 3. The topological polar surface area (TPSA) is 73.9 Å². The van der Waals surface area contributed by atoms with Gasteiger partial charge in [0.15, 0.2) is 11.6 Å². The molecule has 0 spiro atoms. The maximum absolute atomic E-state index is 12.7. The smallest absolute Gasteiger partial charge is 0.407 e. The van der Waals surface area contributed by atoms with Crippen molar-refractivity contribution in [1.82, 2.24) is 5.32 Å². The van der Waals surface area contributed by atoms with Gasteiger partial charge in [-0.15, -0.1) is 0 Å². The summed E-state index contributed by atoms with van der Waals surface area (Å²) < 4.78 is 17.4. The number of alkyl carbamates (subject to hydrolysis) is 1. The molecule has 0 aromatic heterocycles. The van der Waals surface area contributed by atoms with Crippen LogP contribution in [0.15, 0.2) is 84.9 Å². The Labute approximate surface area is 206 Å². The molecule has 1 amide bonds. The fraction of sp³-hybridized carbons (Fsp3) is 0.310. The van der Waals surface area contributed by atoms with Crippen LogP contribution in [0.4, 0.5) is 4.79 Å². The van der Waals surface area contributed by atoms with Crippen LogP contribution in [0.3, 0.4) is 0 Å². The van der Waals surface area contributed by atoms with E-state index in [-0.39, 0.29) is 12.4 Å². The Kier molecular flexibility index (Phi) is 7.63. The monoisotopic (exact) mass is 473 g/mol. The maximum atomic E-state index is 12.7. The highest BCUT2D eigenvalue weighted by Crippen LogP contribution is 2.32. The van der Waals surface area contributed by atoms with Crippen molar-refractivity contribution in [3.05, 3.63) is 96.1 Å². The number of ketones is 1. The van der Waals surface area contributed by atoms with Crippen LogP contribution in [0.25, 0.3) is 11.1 Å². The van der Waals surface area contributed by atoms with E-state index in [2.05, 4.69) is 17.4 Å². The molecule has 1 aliphatic rings. The van der Waals surface area contributed by atoms with Crippen LogP contribution in [0, 0.1) is 0 Å². The summed E-state index contributed by atoms with van der Waals surface area (Å²) in [5.74, 6) is -1.09. The molecule has 1 N–H and O–H groups in total. The molecule has 0 radical (unpaired) electrons. The molecule has 1 saturated heterocycles. The lowest BCUT2D eigenvalue weighted by Crippen LogP contribution is -2.50.